The van der Waals surface area contributed by atoms with Crippen LogP contribution in [0.4, 0.5) is 0 Å². The van der Waals surface area contributed by atoms with Gasteiger partial charge in [0.1, 0.15) is 0 Å². The van der Waals surface area contributed by atoms with Crippen LogP contribution in [0.2, 0.25) is 0 Å². The lowest BCUT2D eigenvalue weighted by Gasteiger charge is -2.12. The van der Waals surface area contributed by atoms with E-state index in [2.05, 4.69) is 5.32 Å². The summed E-state index contributed by atoms with van der Waals surface area (Å²) < 4.78 is 0. The van der Waals surface area contributed by atoms with Gasteiger partial charge < -0.3 is 15.5 Å². The van der Waals surface area contributed by atoms with E-state index in [1.165, 1.54) is 11.3 Å². The minimum atomic E-state index is -0.555. The van der Waals surface area contributed by atoms with E-state index in [0.29, 0.717) is 6.42 Å². The molecule has 0 aliphatic rings. The smallest absolute Gasteiger partial charge is 0.224 e. The average molecular weight is 215 g/mol. The third-order valence-corrected chi connectivity index (χ3v) is 2.48. The molecule has 0 aliphatic carbocycles. The molecule has 14 heavy (non-hydrogen) atoms. The molecule has 5 heteroatoms. The lowest BCUT2D eigenvalue weighted by molar-refractivity contribution is -0.121. The zero-order valence-corrected chi connectivity index (χ0v) is 8.46. The summed E-state index contributed by atoms with van der Waals surface area (Å²) in [5.41, 5.74) is 0.946. The molecule has 1 amide bonds. The minimum Gasteiger partial charge on any atom is -0.394 e. The number of rotatable bonds is 5. The van der Waals surface area contributed by atoms with Crippen LogP contribution in [0.15, 0.2) is 16.8 Å². The molecule has 0 spiro atoms. The van der Waals surface area contributed by atoms with Crippen LogP contribution in [0.5, 0.6) is 0 Å². The number of nitrogens with one attached hydrogen (secondary N) is 1. The number of amides is 1. The Morgan fingerprint density at radius 3 is 2.71 bits per heavy atom. The van der Waals surface area contributed by atoms with E-state index in [1.54, 1.807) is 0 Å². The maximum Gasteiger partial charge on any atom is 0.224 e. The summed E-state index contributed by atoms with van der Waals surface area (Å²) in [6.45, 7) is -0.488. The van der Waals surface area contributed by atoms with Crippen LogP contribution in [0.3, 0.4) is 0 Å². The van der Waals surface area contributed by atoms with Crippen LogP contribution in [0.25, 0.3) is 0 Å². The molecule has 78 valence electrons. The van der Waals surface area contributed by atoms with Crippen molar-refractivity contribution in [2.24, 2.45) is 0 Å². The second kappa shape index (κ2) is 5.74. The van der Waals surface area contributed by atoms with Gasteiger partial charge in [-0.2, -0.15) is 11.3 Å². The molecule has 0 unspecified atom stereocenters. The predicted octanol–water partition coefficient (Wildman–Crippen LogP) is -0.240. The molecule has 0 fully saturated rings. The van der Waals surface area contributed by atoms with Crippen LogP contribution < -0.4 is 5.32 Å². The third kappa shape index (κ3) is 3.45. The molecule has 1 rings (SSSR count). The number of carbonyl (C=O) groups excluding carboxylic acids is 1. The molecule has 0 aromatic carbocycles. The van der Waals surface area contributed by atoms with Crippen molar-refractivity contribution in [2.45, 2.75) is 12.5 Å². The van der Waals surface area contributed by atoms with Crippen LogP contribution in [-0.2, 0) is 11.2 Å². The van der Waals surface area contributed by atoms with Crippen LogP contribution in [0, 0.1) is 0 Å². The van der Waals surface area contributed by atoms with Crippen molar-refractivity contribution in [3.05, 3.63) is 22.4 Å². The predicted molar refractivity (Wildman–Crippen MR) is 54.1 cm³/mol. The number of aliphatic hydroxyl groups is 2. The summed E-state index contributed by atoms with van der Waals surface area (Å²) in [7, 11) is 0. The van der Waals surface area contributed by atoms with E-state index >= 15 is 0 Å². The molecule has 0 saturated carbocycles. The highest BCUT2D eigenvalue weighted by Crippen LogP contribution is 2.06. The Kier molecular flexibility index (Phi) is 4.58. The van der Waals surface area contributed by atoms with E-state index in [9.17, 15) is 4.79 Å². The topological polar surface area (TPSA) is 69.6 Å². The van der Waals surface area contributed by atoms with Gasteiger partial charge in [0, 0.05) is 0 Å². The molecular weight excluding hydrogens is 202 g/mol. The van der Waals surface area contributed by atoms with Gasteiger partial charge in [-0.3, -0.25) is 4.79 Å². The molecule has 0 radical (unpaired) electrons. The van der Waals surface area contributed by atoms with Crippen LogP contribution in [0.1, 0.15) is 5.56 Å². The lowest BCUT2D eigenvalue weighted by Crippen LogP contribution is -2.40. The molecule has 4 nitrogen and oxygen atoms in total. The van der Waals surface area contributed by atoms with E-state index in [0.717, 1.165) is 5.56 Å². The average Bonchev–Trinajstić information content (AvgIpc) is 2.66. The minimum absolute atomic E-state index is 0.184. The summed E-state index contributed by atoms with van der Waals surface area (Å²) in [6.07, 6.45) is 0.292. The molecule has 0 saturated heterocycles. The van der Waals surface area contributed by atoms with Gasteiger partial charge >= 0.3 is 0 Å². The Balaban J connectivity index is 2.35. The standard InChI is InChI=1S/C9H13NO3S/c11-4-8(5-12)10-9(13)3-7-1-2-14-6-7/h1-2,6,8,11-12H,3-5H2,(H,10,13). The van der Waals surface area contributed by atoms with E-state index in [1.807, 2.05) is 16.8 Å². The summed E-state index contributed by atoms with van der Waals surface area (Å²) in [5, 5.41) is 23.8. The van der Waals surface area contributed by atoms with Gasteiger partial charge in [-0.05, 0) is 22.4 Å². The van der Waals surface area contributed by atoms with Gasteiger partial charge in [-0.1, -0.05) is 0 Å². The first-order valence-electron chi connectivity index (χ1n) is 4.28. The van der Waals surface area contributed by atoms with Crippen LogP contribution >= 0.6 is 11.3 Å². The zero-order chi connectivity index (χ0) is 10.4. The van der Waals surface area contributed by atoms with Gasteiger partial charge in [-0.25, -0.2) is 0 Å². The molecule has 1 aromatic heterocycles. The maximum absolute atomic E-state index is 11.3. The van der Waals surface area contributed by atoms with Crippen molar-refractivity contribution in [3.8, 4) is 0 Å². The zero-order valence-electron chi connectivity index (χ0n) is 7.64. The molecule has 3 N–H and O–H groups in total. The number of aliphatic hydroxyl groups excluding tert-OH is 2. The lowest BCUT2D eigenvalue weighted by atomic mass is 10.2. The molecule has 0 bridgehead atoms. The van der Waals surface area contributed by atoms with Crippen molar-refractivity contribution >= 4 is 17.2 Å². The van der Waals surface area contributed by atoms with E-state index < -0.39 is 6.04 Å². The maximum atomic E-state index is 11.3. The summed E-state index contributed by atoms with van der Waals surface area (Å²) in [6, 6.07) is 1.32. The first-order valence-corrected chi connectivity index (χ1v) is 5.22. The number of hydrogen-bond acceptors (Lipinski definition) is 4. The molecule has 1 aromatic rings. The molecule has 0 atom stereocenters. The first kappa shape index (κ1) is 11.2. The van der Waals surface area contributed by atoms with Gasteiger partial charge in [0.15, 0.2) is 0 Å². The van der Waals surface area contributed by atoms with Gasteiger partial charge in [0.2, 0.25) is 5.91 Å². The van der Waals surface area contributed by atoms with E-state index in [-0.39, 0.29) is 19.1 Å². The molecule has 1 heterocycles. The van der Waals surface area contributed by atoms with Gasteiger partial charge in [0.05, 0.1) is 25.7 Å². The monoisotopic (exact) mass is 215 g/mol. The fourth-order valence-corrected chi connectivity index (χ4v) is 1.67. The Bertz CT molecular complexity index is 270. The fourth-order valence-electron chi connectivity index (χ4n) is 1.01. The summed E-state index contributed by atoms with van der Waals surface area (Å²) in [4.78, 5) is 11.3. The third-order valence-electron chi connectivity index (χ3n) is 1.75. The second-order valence-corrected chi connectivity index (χ2v) is 3.72. The summed E-state index contributed by atoms with van der Waals surface area (Å²) >= 11 is 1.53. The quantitative estimate of drug-likeness (QED) is 0.635. The number of thiophene rings is 1. The number of carbonyl (C=O) groups is 1. The highest BCUT2D eigenvalue weighted by atomic mass is 32.1. The summed E-state index contributed by atoms with van der Waals surface area (Å²) in [5.74, 6) is -0.184. The number of hydrogen-bond donors (Lipinski definition) is 3. The van der Waals surface area contributed by atoms with Crippen molar-refractivity contribution < 1.29 is 15.0 Å². The van der Waals surface area contributed by atoms with E-state index in [4.69, 9.17) is 10.2 Å². The first-order chi connectivity index (χ1) is 6.76. The Hall–Kier alpha value is -0.910. The Morgan fingerprint density at radius 1 is 1.50 bits per heavy atom. The largest absolute Gasteiger partial charge is 0.394 e. The highest BCUT2D eigenvalue weighted by Gasteiger charge is 2.10. The highest BCUT2D eigenvalue weighted by molar-refractivity contribution is 7.07. The van der Waals surface area contributed by atoms with Crippen molar-refractivity contribution in [1.29, 1.82) is 0 Å². The normalized spacial score (nSPS) is 10.5. The SMILES string of the molecule is O=C(Cc1ccsc1)NC(CO)CO. The van der Waals surface area contributed by atoms with Gasteiger partial charge in [-0.15, -0.1) is 0 Å². The Morgan fingerprint density at radius 2 is 2.21 bits per heavy atom. The van der Waals surface area contributed by atoms with Crippen molar-refractivity contribution in [2.75, 3.05) is 13.2 Å². The van der Waals surface area contributed by atoms with Gasteiger partial charge in [0.25, 0.3) is 0 Å². The van der Waals surface area contributed by atoms with Crippen molar-refractivity contribution in [1.82, 2.24) is 5.32 Å². The van der Waals surface area contributed by atoms with Crippen molar-refractivity contribution in [3.63, 3.8) is 0 Å². The Labute approximate surface area is 86.2 Å². The molecular formula is C9H13NO3S. The molecule has 0 aliphatic heterocycles. The van der Waals surface area contributed by atoms with Crippen LogP contribution in [-0.4, -0.2) is 35.4 Å². The fraction of sp³-hybridized carbons (Fsp3) is 0.444. The second-order valence-electron chi connectivity index (χ2n) is 2.94.